The summed E-state index contributed by atoms with van der Waals surface area (Å²) >= 11 is 0. The van der Waals surface area contributed by atoms with Crippen molar-refractivity contribution in [2.24, 2.45) is 0 Å². The first-order valence-corrected chi connectivity index (χ1v) is 10.7. The van der Waals surface area contributed by atoms with Crippen LogP contribution in [0.5, 0.6) is 0 Å². The van der Waals surface area contributed by atoms with Gasteiger partial charge in [0, 0.05) is 39.4 Å². The number of aromatic nitrogens is 4. The standard InChI is InChI=1S/C23H24N6O3/c1-26(2)22(31)20-18-10-11-27(12-15(18)13-28(23(20)32)16-8-9-16)21(30)19-14-29(25-24-19)17-6-4-3-5-7-17/h3-7,13-14,16H,8-12H2,1-2H3. The lowest BCUT2D eigenvalue weighted by Gasteiger charge is -2.30. The normalized spacial score (nSPS) is 15.4. The molecule has 0 atom stereocenters. The van der Waals surface area contributed by atoms with Gasteiger partial charge in [0.2, 0.25) is 0 Å². The Hall–Kier alpha value is -3.75. The third-order valence-corrected chi connectivity index (χ3v) is 6.01. The highest BCUT2D eigenvalue weighted by atomic mass is 16.2. The fraction of sp³-hybridized carbons (Fsp3) is 0.348. The van der Waals surface area contributed by atoms with Crippen LogP contribution in [0.3, 0.4) is 0 Å². The molecule has 1 saturated carbocycles. The molecule has 2 amide bonds. The number of para-hydroxylation sites is 1. The predicted molar refractivity (Wildman–Crippen MR) is 117 cm³/mol. The second-order valence-electron chi connectivity index (χ2n) is 8.51. The summed E-state index contributed by atoms with van der Waals surface area (Å²) in [4.78, 5) is 42.2. The van der Waals surface area contributed by atoms with E-state index >= 15 is 0 Å². The van der Waals surface area contributed by atoms with E-state index in [4.69, 9.17) is 0 Å². The largest absolute Gasteiger partial charge is 0.345 e. The number of carbonyl (C=O) groups is 2. The van der Waals surface area contributed by atoms with Crippen LogP contribution in [0.2, 0.25) is 0 Å². The van der Waals surface area contributed by atoms with Crippen molar-refractivity contribution in [1.82, 2.24) is 29.4 Å². The molecule has 0 N–H and O–H groups in total. The number of benzene rings is 1. The molecular formula is C23H24N6O3. The van der Waals surface area contributed by atoms with Crippen molar-refractivity contribution >= 4 is 11.8 Å². The Bertz CT molecular complexity index is 1260. The minimum absolute atomic E-state index is 0.137. The number of pyridine rings is 1. The molecule has 164 valence electrons. The summed E-state index contributed by atoms with van der Waals surface area (Å²) in [6.07, 6.45) is 5.77. The Labute approximate surface area is 184 Å². The van der Waals surface area contributed by atoms with E-state index in [2.05, 4.69) is 10.3 Å². The average molecular weight is 432 g/mol. The lowest BCUT2D eigenvalue weighted by Crippen LogP contribution is -2.41. The molecule has 1 aliphatic carbocycles. The molecule has 0 radical (unpaired) electrons. The molecule has 3 aromatic rings. The minimum atomic E-state index is -0.285. The van der Waals surface area contributed by atoms with E-state index in [-0.39, 0.29) is 34.7 Å². The molecule has 1 aliphatic heterocycles. The molecule has 9 nitrogen and oxygen atoms in total. The van der Waals surface area contributed by atoms with Crippen LogP contribution in [-0.4, -0.2) is 61.8 Å². The second kappa shape index (κ2) is 7.74. The van der Waals surface area contributed by atoms with Crippen molar-refractivity contribution in [2.45, 2.75) is 31.8 Å². The SMILES string of the molecule is CN(C)C(=O)c1c2c(cn(C3CC3)c1=O)CN(C(=O)c1cn(-c3ccccc3)nn1)CC2. The van der Waals surface area contributed by atoms with Gasteiger partial charge in [-0.15, -0.1) is 5.10 Å². The summed E-state index contributed by atoms with van der Waals surface area (Å²) in [5.74, 6) is -0.505. The average Bonchev–Trinajstić information content (AvgIpc) is 3.53. The molecule has 0 spiro atoms. The Balaban J connectivity index is 1.46. The van der Waals surface area contributed by atoms with Crippen LogP contribution < -0.4 is 5.56 Å². The maximum absolute atomic E-state index is 13.1. The summed E-state index contributed by atoms with van der Waals surface area (Å²) in [5, 5.41) is 8.15. The van der Waals surface area contributed by atoms with Gasteiger partial charge < -0.3 is 14.4 Å². The third-order valence-electron chi connectivity index (χ3n) is 6.01. The van der Waals surface area contributed by atoms with Crippen molar-refractivity contribution in [2.75, 3.05) is 20.6 Å². The quantitative estimate of drug-likeness (QED) is 0.625. The molecule has 0 saturated heterocycles. The van der Waals surface area contributed by atoms with E-state index in [1.165, 1.54) is 4.90 Å². The van der Waals surface area contributed by atoms with Crippen LogP contribution in [0.25, 0.3) is 5.69 Å². The highest BCUT2D eigenvalue weighted by Crippen LogP contribution is 2.35. The molecule has 0 bridgehead atoms. The third kappa shape index (κ3) is 3.49. The monoisotopic (exact) mass is 432 g/mol. The van der Waals surface area contributed by atoms with E-state index in [1.807, 2.05) is 36.5 Å². The summed E-state index contributed by atoms with van der Waals surface area (Å²) in [6.45, 7) is 0.734. The van der Waals surface area contributed by atoms with Crippen LogP contribution in [0.4, 0.5) is 0 Å². The lowest BCUT2D eigenvalue weighted by atomic mass is 9.95. The molecule has 1 aromatic carbocycles. The van der Waals surface area contributed by atoms with Gasteiger partial charge in [-0.25, -0.2) is 4.68 Å². The van der Waals surface area contributed by atoms with E-state index in [9.17, 15) is 14.4 Å². The van der Waals surface area contributed by atoms with E-state index in [1.54, 1.807) is 34.4 Å². The molecule has 2 aromatic heterocycles. The van der Waals surface area contributed by atoms with Gasteiger partial charge in [-0.3, -0.25) is 14.4 Å². The first-order valence-electron chi connectivity index (χ1n) is 10.7. The number of hydrogen-bond acceptors (Lipinski definition) is 5. The minimum Gasteiger partial charge on any atom is -0.345 e. The van der Waals surface area contributed by atoms with Gasteiger partial charge in [0.15, 0.2) is 5.69 Å². The van der Waals surface area contributed by atoms with Crippen LogP contribution in [0, 0.1) is 0 Å². The number of carbonyl (C=O) groups excluding carboxylic acids is 2. The van der Waals surface area contributed by atoms with E-state index < -0.39 is 0 Å². The number of amides is 2. The molecule has 9 heteroatoms. The van der Waals surface area contributed by atoms with Crippen LogP contribution in [0.15, 0.2) is 47.5 Å². The molecule has 1 fully saturated rings. The second-order valence-corrected chi connectivity index (χ2v) is 8.51. The van der Waals surface area contributed by atoms with Gasteiger partial charge in [-0.2, -0.15) is 0 Å². The van der Waals surface area contributed by atoms with Crippen molar-refractivity contribution in [3.63, 3.8) is 0 Å². The fourth-order valence-corrected chi connectivity index (χ4v) is 4.15. The van der Waals surface area contributed by atoms with Gasteiger partial charge >= 0.3 is 0 Å². The zero-order chi connectivity index (χ0) is 22.4. The number of rotatable bonds is 4. The predicted octanol–water partition coefficient (Wildman–Crippen LogP) is 1.66. The number of nitrogens with zero attached hydrogens (tertiary/aromatic N) is 6. The summed E-state index contributed by atoms with van der Waals surface area (Å²) in [6, 6.07) is 9.62. The highest BCUT2D eigenvalue weighted by Gasteiger charge is 2.33. The lowest BCUT2D eigenvalue weighted by molar-refractivity contribution is 0.0727. The maximum Gasteiger partial charge on any atom is 0.276 e. The van der Waals surface area contributed by atoms with E-state index in [0.29, 0.717) is 19.5 Å². The van der Waals surface area contributed by atoms with Gasteiger partial charge in [0.05, 0.1) is 11.9 Å². The van der Waals surface area contributed by atoms with Crippen molar-refractivity contribution in [3.05, 3.63) is 75.5 Å². The summed E-state index contributed by atoms with van der Waals surface area (Å²) in [7, 11) is 3.30. The Morgan fingerprint density at radius 3 is 2.53 bits per heavy atom. The van der Waals surface area contributed by atoms with Crippen molar-refractivity contribution < 1.29 is 9.59 Å². The fourth-order valence-electron chi connectivity index (χ4n) is 4.15. The molecule has 3 heterocycles. The Morgan fingerprint density at radius 2 is 1.84 bits per heavy atom. The molecule has 0 unspecified atom stereocenters. The van der Waals surface area contributed by atoms with E-state index in [0.717, 1.165) is 29.7 Å². The molecular weight excluding hydrogens is 408 g/mol. The topological polar surface area (TPSA) is 93.3 Å². The number of hydrogen-bond donors (Lipinski definition) is 0. The van der Waals surface area contributed by atoms with Gasteiger partial charge in [0.25, 0.3) is 17.4 Å². The van der Waals surface area contributed by atoms with Crippen LogP contribution in [0.1, 0.15) is 50.9 Å². The molecule has 2 aliphatic rings. The summed E-state index contributed by atoms with van der Waals surface area (Å²) in [5.41, 5.74) is 2.69. The van der Waals surface area contributed by atoms with Crippen LogP contribution in [-0.2, 0) is 13.0 Å². The molecule has 32 heavy (non-hydrogen) atoms. The summed E-state index contributed by atoms with van der Waals surface area (Å²) < 4.78 is 3.25. The number of fused-ring (bicyclic) bond motifs is 1. The van der Waals surface area contributed by atoms with Crippen molar-refractivity contribution in [1.29, 1.82) is 0 Å². The zero-order valence-corrected chi connectivity index (χ0v) is 18.1. The van der Waals surface area contributed by atoms with Gasteiger partial charge in [-0.05, 0) is 42.5 Å². The Morgan fingerprint density at radius 1 is 1.09 bits per heavy atom. The van der Waals surface area contributed by atoms with Gasteiger partial charge in [0.1, 0.15) is 5.56 Å². The smallest absolute Gasteiger partial charge is 0.276 e. The first kappa shape index (κ1) is 20.2. The highest BCUT2D eigenvalue weighted by molar-refractivity contribution is 5.96. The van der Waals surface area contributed by atoms with Crippen molar-refractivity contribution in [3.8, 4) is 5.69 Å². The van der Waals surface area contributed by atoms with Crippen LogP contribution >= 0.6 is 0 Å². The Kier molecular flexibility index (Phi) is 4.88. The molecule has 5 rings (SSSR count). The van der Waals surface area contributed by atoms with Gasteiger partial charge in [-0.1, -0.05) is 23.4 Å². The maximum atomic E-state index is 13.1. The first-order chi connectivity index (χ1) is 15.4. The zero-order valence-electron chi connectivity index (χ0n) is 18.1.